The Hall–Kier alpha value is -0.870. The molecule has 1 aromatic heterocycles. The van der Waals surface area contributed by atoms with Gasteiger partial charge in [0.2, 0.25) is 0 Å². The quantitative estimate of drug-likeness (QED) is 0.604. The van der Waals surface area contributed by atoms with Crippen molar-refractivity contribution in [2.75, 3.05) is 7.11 Å². The smallest absolute Gasteiger partial charge is 0.491 e. The van der Waals surface area contributed by atoms with Gasteiger partial charge in [0.05, 0.1) is 7.11 Å². The van der Waals surface area contributed by atoms with Crippen molar-refractivity contribution in [3.63, 3.8) is 0 Å². The molecule has 0 saturated heterocycles. The van der Waals surface area contributed by atoms with E-state index in [9.17, 15) is 22.0 Å². The lowest BCUT2D eigenvalue weighted by Crippen LogP contribution is -2.19. The van der Waals surface area contributed by atoms with Crippen LogP contribution in [0.5, 0.6) is 11.6 Å². The predicted molar refractivity (Wildman–Crippen MR) is 55.1 cm³/mol. The second kappa shape index (κ2) is 5.19. The van der Waals surface area contributed by atoms with E-state index in [0.29, 0.717) is 0 Å². The number of rotatable bonds is 3. The molecule has 0 amide bonds. The van der Waals surface area contributed by atoms with E-state index >= 15 is 0 Å². The summed E-state index contributed by atoms with van der Waals surface area (Å²) in [5.74, 6) is -1.40. The first kappa shape index (κ1) is 14.2. The Morgan fingerprint density at radius 1 is 1.35 bits per heavy atom. The standard InChI is InChI=1S/C8H5F5INO2/c1-16-4-2-3(14)5(6(9)10)15-7(4)17-8(11,12)13/h2,6H,1H3. The summed E-state index contributed by atoms with van der Waals surface area (Å²) in [7, 11) is 1.08. The molecule has 0 bridgehead atoms. The molecule has 0 N–H and O–H groups in total. The van der Waals surface area contributed by atoms with Crippen LogP contribution in [0.1, 0.15) is 12.1 Å². The molecule has 0 spiro atoms. The summed E-state index contributed by atoms with van der Waals surface area (Å²) in [5.41, 5.74) is -0.786. The van der Waals surface area contributed by atoms with Crippen molar-refractivity contribution in [1.82, 2.24) is 4.98 Å². The average Bonchev–Trinajstić information content (AvgIpc) is 2.17. The highest BCUT2D eigenvalue weighted by Gasteiger charge is 2.34. The van der Waals surface area contributed by atoms with Gasteiger partial charge < -0.3 is 9.47 Å². The minimum atomic E-state index is -5.02. The van der Waals surface area contributed by atoms with Gasteiger partial charge in [-0.2, -0.15) is 0 Å². The molecule has 1 rings (SSSR count). The van der Waals surface area contributed by atoms with Gasteiger partial charge >= 0.3 is 6.36 Å². The molecular formula is C8H5F5INO2. The molecule has 3 nitrogen and oxygen atoms in total. The number of methoxy groups -OCH3 is 1. The number of pyridine rings is 1. The zero-order valence-corrected chi connectivity index (χ0v) is 10.3. The van der Waals surface area contributed by atoms with Gasteiger partial charge in [0, 0.05) is 9.64 Å². The zero-order chi connectivity index (χ0) is 13.2. The number of halogens is 6. The van der Waals surface area contributed by atoms with E-state index in [0.717, 1.165) is 13.2 Å². The van der Waals surface area contributed by atoms with Crippen molar-refractivity contribution < 1.29 is 31.4 Å². The molecule has 0 fully saturated rings. The Kier molecular flexibility index (Phi) is 4.33. The fourth-order valence-corrected chi connectivity index (χ4v) is 1.59. The maximum Gasteiger partial charge on any atom is 0.574 e. The van der Waals surface area contributed by atoms with Crippen LogP contribution in [0.4, 0.5) is 22.0 Å². The van der Waals surface area contributed by atoms with Crippen molar-refractivity contribution in [2.45, 2.75) is 12.8 Å². The number of nitrogens with zero attached hydrogens (tertiary/aromatic N) is 1. The molecule has 0 aliphatic carbocycles. The molecule has 9 heteroatoms. The summed E-state index contributed by atoms with van der Waals surface area (Å²) in [5, 5.41) is 0. The predicted octanol–water partition coefficient (Wildman–Crippen LogP) is 3.53. The number of hydrogen-bond donors (Lipinski definition) is 0. The molecule has 17 heavy (non-hydrogen) atoms. The highest BCUT2D eigenvalue weighted by molar-refractivity contribution is 14.1. The van der Waals surface area contributed by atoms with Crippen LogP contribution in [0.3, 0.4) is 0 Å². The lowest BCUT2D eigenvalue weighted by atomic mass is 10.3. The fourth-order valence-electron chi connectivity index (χ4n) is 0.951. The average molecular weight is 369 g/mol. The highest BCUT2D eigenvalue weighted by atomic mass is 127. The van der Waals surface area contributed by atoms with Crippen molar-refractivity contribution in [2.24, 2.45) is 0 Å². The number of aromatic nitrogens is 1. The molecule has 1 aromatic rings. The lowest BCUT2D eigenvalue weighted by Gasteiger charge is -2.13. The van der Waals surface area contributed by atoms with Gasteiger partial charge in [-0.25, -0.2) is 13.8 Å². The van der Waals surface area contributed by atoms with E-state index < -0.39 is 24.4 Å². The van der Waals surface area contributed by atoms with E-state index in [1.165, 1.54) is 22.6 Å². The monoisotopic (exact) mass is 369 g/mol. The SMILES string of the molecule is COc1cc(I)c(C(F)F)nc1OC(F)(F)F. The Labute approximate surface area is 106 Å². The molecular weight excluding hydrogens is 364 g/mol. The van der Waals surface area contributed by atoms with E-state index in [1.807, 2.05) is 0 Å². The largest absolute Gasteiger partial charge is 0.574 e. The number of hydrogen-bond acceptors (Lipinski definition) is 3. The molecule has 0 aromatic carbocycles. The second-order valence-electron chi connectivity index (χ2n) is 2.71. The van der Waals surface area contributed by atoms with Crippen LogP contribution in [0.15, 0.2) is 6.07 Å². The van der Waals surface area contributed by atoms with E-state index in [1.54, 1.807) is 0 Å². The summed E-state index contributed by atoms with van der Waals surface area (Å²) in [6.45, 7) is 0. The third kappa shape index (κ3) is 3.82. The van der Waals surface area contributed by atoms with Crippen LogP contribution in [0.25, 0.3) is 0 Å². The van der Waals surface area contributed by atoms with Gasteiger partial charge in [-0.3, -0.25) is 0 Å². The number of alkyl halides is 5. The Balaban J connectivity index is 3.22. The van der Waals surface area contributed by atoms with Crippen molar-refractivity contribution in [3.05, 3.63) is 15.3 Å². The van der Waals surface area contributed by atoms with Gasteiger partial charge in [0.15, 0.2) is 5.75 Å². The van der Waals surface area contributed by atoms with E-state index in [-0.39, 0.29) is 9.32 Å². The summed E-state index contributed by atoms with van der Waals surface area (Å²) in [6, 6.07) is 0.996. The van der Waals surface area contributed by atoms with Crippen molar-refractivity contribution >= 4 is 22.6 Å². The lowest BCUT2D eigenvalue weighted by molar-refractivity contribution is -0.276. The van der Waals surface area contributed by atoms with E-state index in [2.05, 4.69) is 14.5 Å². The van der Waals surface area contributed by atoms with Gasteiger partial charge in [-0.1, -0.05) is 0 Å². The first-order valence-corrected chi connectivity index (χ1v) is 5.10. The zero-order valence-electron chi connectivity index (χ0n) is 8.19. The maximum atomic E-state index is 12.4. The fraction of sp³-hybridized carbons (Fsp3) is 0.375. The number of ether oxygens (including phenoxy) is 2. The third-order valence-corrected chi connectivity index (χ3v) is 2.44. The summed E-state index contributed by atoms with van der Waals surface area (Å²) in [6.07, 6.45) is -8.02. The Bertz CT molecular complexity index is 410. The van der Waals surface area contributed by atoms with Gasteiger partial charge in [-0.05, 0) is 22.6 Å². The van der Waals surface area contributed by atoms with Crippen LogP contribution in [-0.2, 0) is 0 Å². The molecule has 0 aliphatic rings. The maximum absolute atomic E-state index is 12.4. The highest BCUT2D eigenvalue weighted by Crippen LogP contribution is 2.35. The minimum absolute atomic E-state index is 0.0102. The second-order valence-corrected chi connectivity index (χ2v) is 3.87. The normalized spacial score (nSPS) is 11.8. The van der Waals surface area contributed by atoms with Crippen molar-refractivity contribution in [1.29, 1.82) is 0 Å². The summed E-state index contributed by atoms with van der Waals surface area (Å²) in [4.78, 5) is 3.10. The van der Waals surface area contributed by atoms with Gasteiger partial charge in [0.25, 0.3) is 12.3 Å². The molecule has 96 valence electrons. The van der Waals surface area contributed by atoms with Gasteiger partial charge in [-0.15, -0.1) is 13.2 Å². The van der Waals surface area contributed by atoms with Crippen LogP contribution in [-0.4, -0.2) is 18.5 Å². The first-order valence-electron chi connectivity index (χ1n) is 4.03. The third-order valence-electron chi connectivity index (χ3n) is 1.57. The topological polar surface area (TPSA) is 31.4 Å². The molecule has 1 heterocycles. The minimum Gasteiger partial charge on any atom is -0.491 e. The van der Waals surface area contributed by atoms with Gasteiger partial charge in [0.1, 0.15) is 5.69 Å². The summed E-state index contributed by atoms with van der Waals surface area (Å²) < 4.78 is 68.9. The first-order chi connectivity index (χ1) is 7.74. The molecule has 0 atom stereocenters. The van der Waals surface area contributed by atoms with Crippen LogP contribution in [0, 0.1) is 3.57 Å². The van der Waals surface area contributed by atoms with Crippen molar-refractivity contribution in [3.8, 4) is 11.6 Å². The van der Waals surface area contributed by atoms with Crippen LogP contribution >= 0.6 is 22.6 Å². The Morgan fingerprint density at radius 3 is 2.35 bits per heavy atom. The molecule has 0 saturated carbocycles. The Morgan fingerprint density at radius 2 is 1.94 bits per heavy atom. The van der Waals surface area contributed by atoms with Crippen LogP contribution in [0.2, 0.25) is 0 Å². The summed E-state index contributed by atoms with van der Waals surface area (Å²) >= 11 is 1.52. The van der Waals surface area contributed by atoms with Crippen LogP contribution < -0.4 is 9.47 Å². The molecule has 0 aliphatic heterocycles. The molecule has 0 unspecified atom stereocenters. The molecule has 0 radical (unpaired) electrons. The van der Waals surface area contributed by atoms with E-state index in [4.69, 9.17) is 0 Å².